The van der Waals surface area contributed by atoms with Gasteiger partial charge in [-0.25, -0.2) is 4.79 Å². The van der Waals surface area contributed by atoms with Crippen LogP contribution in [0.3, 0.4) is 0 Å². The van der Waals surface area contributed by atoms with E-state index in [2.05, 4.69) is 10.3 Å². The van der Waals surface area contributed by atoms with Gasteiger partial charge in [-0.05, 0) is 17.7 Å². The molecule has 0 amide bonds. The molecular weight excluding hydrogens is 278 g/mol. The molecule has 0 saturated heterocycles. The topological polar surface area (TPSA) is 84.0 Å². The second-order valence-corrected chi connectivity index (χ2v) is 4.80. The fourth-order valence-electron chi connectivity index (χ4n) is 2.00. The third-order valence-electron chi connectivity index (χ3n) is 3.02. The standard InChI is InChI=1S/C14H12ClN3O2/c15-9-4-2-1-3-8(9)7-17-11-6-12-13(5-10(11)16)20-14(19)18-12/h1-6,17H,7,16H2,(H,18,19). The number of hydrogen-bond acceptors (Lipinski definition) is 4. The summed E-state index contributed by atoms with van der Waals surface area (Å²) >= 11 is 6.09. The summed E-state index contributed by atoms with van der Waals surface area (Å²) < 4.78 is 4.95. The monoisotopic (exact) mass is 289 g/mol. The fraction of sp³-hybridized carbons (Fsp3) is 0.0714. The van der Waals surface area contributed by atoms with E-state index in [0.29, 0.717) is 28.4 Å². The molecule has 20 heavy (non-hydrogen) atoms. The molecule has 0 saturated carbocycles. The quantitative estimate of drug-likeness (QED) is 0.647. The number of fused-ring (bicyclic) bond motifs is 1. The lowest BCUT2D eigenvalue weighted by Gasteiger charge is -2.10. The Kier molecular flexibility index (Phi) is 3.12. The van der Waals surface area contributed by atoms with Crippen LogP contribution < -0.4 is 16.8 Å². The van der Waals surface area contributed by atoms with Crippen molar-refractivity contribution >= 4 is 34.1 Å². The Morgan fingerprint density at radius 2 is 2.10 bits per heavy atom. The van der Waals surface area contributed by atoms with E-state index in [-0.39, 0.29) is 0 Å². The SMILES string of the molecule is Nc1cc2oc(=O)[nH]c2cc1NCc1ccccc1Cl. The Bertz CT molecular complexity index is 823. The molecule has 0 aliphatic rings. The molecule has 2 aromatic carbocycles. The van der Waals surface area contributed by atoms with E-state index in [1.807, 2.05) is 24.3 Å². The molecule has 0 aliphatic heterocycles. The van der Waals surface area contributed by atoms with Crippen molar-refractivity contribution < 1.29 is 4.42 Å². The fourth-order valence-corrected chi connectivity index (χ4v) is 2.20. The minimum absolute atomic E-state index is 0.441. The summed E-state index contributed by atoms with van der Waals surface area (Å²) in [6, 6.07) is 10.9. The molecule has 0 atom stereocenters. The van der Waals surface area contributed by atoms with Gasteiger partial charge in [0, 0.05) is 17.6 Å². The van der Waals surface area contributed by atoms with E-state index in [1.54, 1.807) is 12.1 Å². The molecule has 0 radical (unpaired) electrons. The number of anilines is 2. The highest BCUT2D eigenvalue weighted by atomic mass is 35.5. The second kappa shape index (κ2) is 4.94. The molecule has 4 N–H and O–H groups in total. The highest BCUT2D eigenvalue weighted by molar-refractivity contribution is 6.31. The van der Waals surface area contributed by atoms with E-state index in [9.17, 15) is 4.79 Å². The second-order valence-electron chi connectivity index (χ2n) is 4.40. The Morgan fingerprint density at radius 1 is 1.30 bits per heavy atom. The number of rotatable bonds is 3. The van der Waals surface area contributed by atoms with Gasteiger partial charge < -0.3 is 15.5 Å². The number of halogens is 1. The molecule has 0 aliphatic carbocycles. The number of nitrogens with two attached hydrogens (primary N) is 1. The minimum atomic E-state index is -0.498. The van der Waals surface area contributed by atoms with E-state index >= 15 is 0 Å². The molecule has 0 fully saturated rings. The first-order valence-electron chi connectivity index (χ1n) is 6.03. The number of hydrogen-bond donors (Lipinski definition) is 3. The molecule has 0 unspecified atom stereocenters. The normalized spacial score (nSPS) is 10.8. The Labute approximate surface area is 119 Å². The van der Waals surface area contributed by atoms with Crippen LogP contribution in [0.2, 0.25) is 5.02 Å². The molecule has 3 rings (SSSR count). The van der Waals surface area contributed by atoms with Gasteiger partial charge in [-0.3, -0.25) is 4.98 Å². The molecule has 0 bridgehead atoms. The van der Waals surface area contributed by atoms with Crippen LogP contribution in [0.25, 0.3) is 11.1 Å². The number of benzene rings is 2. The van der Waals surface area contributed by atoms with E-state index < -0.39 is 5.76 Å². The maximum Gasteiger partial charge on any atom is 0.417 e. The maximum atomic E-state index is 11.1. The van der Waals surface area contributed by atoms with Crippen molar-refractivity contribution in [3.63, 3.8) is 0 Å². The molecule has 5 nitrogen and oxygen atoms in total. The van der Waals surface area contributed by atoms with Crippen LogP contribution in [0.4, 0.5) is 11.4 Å². The van der Waals surface area contributed by atoms with Crippen LogP contribution in [0.15, 0.2) is 45.6 Å². The zero-order chi connectivity index (χ0) is 14.1. The number of H-pyrrole nitrogens is 1. The van der Waals surface area contributed by atoms with Crippen LogP contribution in [0.5, 0.6) is 0 Å². The van der Waals surface area contributed by atoms with E-state index in [0.717, 1.165) is 11.3 Å². The van der Waals surface area contributed by atoms with Crippen LogP contribution >= 0.6 is 11.6 Å². The summed E-state index contributed by atoms with van der Waals surface area (Å²) in [5, 5.41) is 3.89. The Balaban J connectivity index is 1.89. The van der Waals surface area contributed by atoms with Crippen LogP contribution in [0.1, 0.15) is 5.56 Å². The Morgan fingerprint density at radius 3 is 2.90 bits per heavy atom. The van der Waals surface area contributed by atoms with Gasteiger partial charge in [0.15, 0.2) is 5.58 Å². The van der Waals surface area contributed by atoms with Crippen LogP contribution in [-0.4, -0.2) is 4.98 Å². The average Bonchev–Trinajstić information content (AvgIpc) is 2.76. The lowest BCUT2D eigenvalue weighted by Crippen LogP contribution is -2.03. The first-order chi connectivity index (χ1) is 9.63. The van der Waals surface area contributed by atoms with Gasteiger partial charge in [0.2, 0.25) is 0 Å². The zero-order valence-electron chi connectivity index (χ0n) is 10.4. The lowest BCUT2D eigenvalue weighted by molar-refractivity contribution is 0.555. The van der Waals surface area contributed by atoms with Crippen molar-refractivity contribution in [2.75, 3.05) is 11.1 Å². The number of aromatic amines is 1. The molecule has 102 valence electrons. The van der Waals surface area contributed by atoms with Crippen molar-refractivity contribution in [1.82, 2.24) is 4.98 Å². The minimum Gasteiger partial charge on any atom is -0.408 e. The zero-order valence-corrected chi connectivity index (χ0v) is 11.2. The molecule has 1 aromatic heterocycles. The average molecular weight is 290 g/mol. The van der Waals surface area contributed by atoms with Crippen molar-refractivity contribution in [2.24, 2.45) is 0 Å². The van der Waals surface area contributed by atoms with E-state index in [4.69, 9.17) is 21.8 Å². The van der Waals surface area contributed by atoms with E-state index in [1.165, 1.54) is 0 Å². The predicted molar refractivity (Wildman–Crippen MR) is 80.0 cm³/mol. The maximum absolute atomic E-state index is 11.1. The smallest absolute Gasteiger partial charge is 0.408 e. The lowest BCUT2D eigenvalue weighted by atomic mass is 10.2. The van der Waals surface area contributed by atoms with Crippen LogP contribution in [-0.2, 0) is 6.54 Å². The van der Waals surface area contributed by atoms with Crippen molar-refractivity contribution in [2.45, 2.75) is 6.54 Å². The molecule has 3 aromatic rings. The van der Waals surface area contributed by atoms with Gasteiger partial charge >= 0.3 is 5.76 Å². The summed E-state index contributed by atoms with van der Waals surface area (Å²) in [4.78, 5) is 13.7. The highest BCUT2D eigenvalue weighted by Crippen LogP contribution is 2.25. The summed E-state index contributed by atoms with van der Waals surface area (Å²) in [5.41, 5.74) is 9.16. The summed E-state index contributed by atoms with van der Waals surface area (Å²) in [5.74, 6) is -0.498. The van der Waals surface area contributed by atoms with Crippen molar-refractivity contribution in [3.05, 3.63) is 57.5 Å². The Hall–Kier alpha value is -2.40. The largest absolute Gasteiger partial charge is 0.417 e. The van der Waals surface area contributed by atoms with Gasteiger partial charge in [0.1, 0.15) is 0 Å². The van der Waals surface area contributed by atoms with Gasteiger partial charge in [0.25, 0.3) is 0 Å². The van der Waals surface area contributed by atoms with Gasteiger partial charge in [-0.1, -0.05) is 29.8 Å². The number of aromatic nitrogens is 1. The predicted octanol–water partition coefficient (Wildman–Crippen LogP) is 2.97. The molecule has 1 heterocycles. The van der Waals surface area contributed by atoms with Gasteiger partial charge in [0.05, 0.1) is 16.9 Å². The number of nitrogen functional groups attached to an aromatic ring is 1. The summed E-state index contributed by atoms with van der Waals surface area (Å²) in [6.07, 6.45) is 0. The van der Waals surface area contributed by atoms with Crippen LogP contribution in [0, 0.1) is 0 Å². The molecule has 0 spiro atoms. The van der Waals surface area contributed by atoms with Gasteiger partial charge in [-0.15, -0.1) is 0 Å². The molecular formula is C14H12ClN3O2. The third-order valence-corrected chi connectivity index (χ3v) is 3.39. The highest BCUT2D eigenvalue weighted by Gasteiger charge is 2.07. The van der Waals surface area contributed by atoms with Gasteiger partial charge in [-0.2, -0.15) is 0 Å². The number of oxazole rings is 1. The molecule has 6 heteroatoms. The first-order valence-corrected chi connectivity index (χ1v) is 6.41. The third kappa shape index (κ3) is 2.35. The summed E-state index contributed by atoms with van der Waals surface area (Å²) in [7, 11) is 0. The van der Waals surface area contributed by atoms with Crippen molar-refractivity contribution in [1.29, 1.82) is 0 Å². The number of nitrogens with one attached hydrogen (secondary N) is 2. The first kappa shape index (κ1) is 12.6. The summed E-state index contributed by atoms with van der Waals surface area (Å²) in [6.45, 7) is 0.539. The van der Waals surface area contributed by atoms with Crippen molar-refractivity contribution in [3.8, 4) is 0 Å².